The van der Waals surface area contributed by atoms with Gasteiger partial charge in [0.05, 0.1) is 47.7 Å². The predicted octanol–water partition coefficient (Wildman–Crippen LogP) is 3.08. The lowest BCUT2D eigenvalue weighted by Crippen LogP contribution is -2.28. The number of aliphatic hydroxyl groups excluding tert-OH is 1. The molecule has 1 aliphatic heterocycles. The van der Waals surface area contributed by atoms with Crippen molar-refractivity contribution < 1.29 is 18.6 Å². The quantitative estimate of drug-likeness (QED) is 0.437. The minimum atomic E-state index is -2.54. The number of halogens is 2. The second-order valence-electron chi connectivity index (χ2n) is 8.34. The third-order valence-electron chi connectivity index (χ3n) is 5.91. The molecule has 0 unspecified atom stereocenters. The summed E-state index contributed by atoms with van der Waals surface area (Å²) >= 11 is 0. The molecule has 0 aliphatic carbocycles. The molecule has 0 spiro atoms. The van der Waals surface area contributed by atoms with E-state index in [2.05, 4.69) is 31.8 Å². The first kappa shape index (κ1) is 23.5. The number of benzene rings is 1. The second kappa shape index (κ2) is 9.70. The van der Waals surface area contributed by atoms with Crippen LogP contribution in [-0.2, 0) is 23.1 Å². The van der Waals surface area contributed by atoms with Crippen molar-refractivity contribution in [2.24, 2.45) is 0 Å². The van der Waals surface area contributed by atoms with Crippen molar-refractivity contribution in [1.82, 2.24) is 19.7 Å². The highest BCUT2D eigenvalue weighted by Gasteiger charge is 2.36. The molecule has 1 aromatic carbocycles. The zero-order valence-corrected chi connectivity index (χ0v) is 18.8. The molecule has 0 amide bonds. The van der Waals surface area contributed by atoms with Crippen molar-refractivity contribution in [2.45, 2.75) is 31.7 Å². The van der Waals surface area contributed by atoms with Gasteiger partial charge in [-0.3, -0.25) is 4.68 Å². The minimum Gasteiger partial charge on any atom is -0.395 e. The van der Waals surface area contributed by atoms with Gasteiger partial charge >= 0.3 is 0 Å². The topological polar surface area (TPSA) is 121 Å². The normalized spacial score (nSPS) is 16.9. The van der Waals surface area contributed by atoms with Crippen LogP contribution in [0, 0.1) is 11.3 Å². The molecule has 9 nitrogen and oxygen atoms in total. The Kier molecular flexibility index (Phi) is 6.72. The number of aliphatic hydroxyl groups is 1. The largest absolute Gasteiger partial charge is 0.395 e. The first-order valence-electron chi connectivity index (χ1n) is 10.7. The number of rotatable bonds is 9. The van der Waals surface area contributed by atoms with E-state index >= 15 is 0 Å². The summed E-state index contributed by atoms with van der Waals surface area (Å²) < 4.78 is 32.3. The number of aromatic nitrogens is 4. The summed E-state index contributed by atoms with van der Waals surface area (Å²) in [6.07, 6.45) is 0.882. The molecule has 1 aliphatic rings. The van der Waals surface area contributed by atoms with Crippen molar-refractivity contribution in [1.29, 1.82) is 5.26 Å². The van der Waals surface area contributed by atoms with Crippen LogP contribution in [0.4, 0.5) is 26.1 Å². The van der Waals surface area contributed by atoms with E-state index in [0.29, 0.717) is 47.8 Å². The van der Waals surface area contributed by atoms with Crippen LogP contribution < -0.4 is 10.6 Å². The van der Waals surface area contributed by atoms with Crippen molar-refractivity contribution in [2.75, 3.05) is 37.5 Å². The first-order valence-corrected chi connectivity index (χ1v) is 10.7. The molecule has 11 heteroatoms. The molecule has 34 heavy (non-hydrogen) atoms. The second-order valence-corrected chi connectivity index (χ2v) is 8.34. The summed E-state index contributed by atoms with van der Waals surface area (Å²) in [4.78, 5) is 8.83. The molecule has 3 N–H and O–H groups in total. The van der Waals surface area contributed by atoms with E-state index in [1.54, 1.807) is 18.3 Å². The number of anilines is 3. The van der Waals surface area contributed by atoms with Crippen LogP contribution >= 0.6 is 0 Å². The Morgan fingerprint density at radius 1 is 1.41 bits per heavy atom. The number of methoxy groups -OCH3 is 1. The first-order chi connectivity index (χ1) is 16.4. The lowest BCUT2D eigenvalue weighted by atomic mass is 9.83. The molecule has 4 rings (SSSR count). The van der Waals surface area contributed by atoms with Crippen LogP contribution in [0.25, 0.3) is 11.3 Å². The molecule has 1 atom stereocenters. The summed E-state index contributed by atoms with van der Waals surface area (Å²) in [6, 6.07) is 7.59. The van der Waals surface area contributed by atoms with E-state index in [1.165, 1.54) is 18.0 Å². The van der Waals surface area contributed by atoms with Gasteiger partial charge < -0.3 is 20.5 Å². The van der Waals surface area contributed by atoms with Gasteiger partial charge in [0, 0.05) is 37.3 Å². The molecule has 3 heterocycles. The Morgan fingerprint density at radius 2 is 2.24 bits per heavy atom. The molecule has 0 bridgehead atoms. The maximum Gasteiger partial charge on any atom is 0.257 e. The number of hydrogen-bond acceptors (Lipinski definition) is 8. The number of alkyl halides is 2. The third kappa shape index (κ3) is 4.55. The summed E-state index contributed by atoms with van der Waals surface area (Å²) in [6.45, 7) is 2.22. The van der Waals surface area contributed by atoms with Gasteiger partial charge in [0.1, 0.15) is 12.6 Å². The van der Waals surface area contributed by atoms with E-state index in [9.17, 15) is 19.1 Å². The molecule has 0 radical (unpaired) electrons. The van der Waals surface area contributed by atoms with Crippen molar-refractivity contribution in [3.8, 4) is 17.3 Å². The lowest BCUT2D eigenvalue weighted by Gasteiger charge is -2.21. The van der Waals surface area contributed by atoms with Crippen LogP contribution in [0.1, 0.15) is 23.7 Å². The standard InChI is InChI=1S/C23H25F2N7O2/c1-23(13-33)12-28-21-15(9-26)7-14(8-16(21)23)17-3-5-27-22(30-17)31-18-10-29-32(11-20(24)25)19(18)4-6-34-2/h3,5,7-8,10,20,28,33H,4,6,11-13H2,1-2H3,(H,27,30,31)/t23-/m1/s1. The minimum absolute atomic E-state index is 0.0647. The van der Waals surface area contributed by atoms with Crippen molar-refractivity contribution in [3.05, 3.63) is 47.4 Å². The van der Waals surface area contributed by atoms with E-state index in [-0.39, 0.29) is 12.6 Å². The fourth-order valence-electron chi connectivity index (χ4n) is 4.03. The fraction of sp³-hybridized carbons (Fsp3) is 0.391. The zero-order chi connectivity index (χ0) is 24.3. The summed E-state index contributed by atoms with van der Waals surface area (Å²) in [5, 5.41) is 30.0. The van der Waals surface area contributed by atoms with Gasteiger partial charge in [0.2, 0.25) is 5.95 Å². The van der Waals surface area contributed by atoms with Crippen LogP contribution in [0.5, 0.6) is 0 Å². The zero-order valence-electron chi connectivity index (χ0n) is 18.8. The highest BCUT2D eigenvalue weighted by molar-refractivity contribution is 5.76. The molecule has 0 saturated carbocycles. The Balaban J connectivity index is 1.68. The van der Waals surface area contributed by atoms with Gasteiger partial charge in [-0.2, -0.15) is 10.4 Å². The smallest absolute Gasteiger partial charge is 0.257 e. The van der Waals surface area contributed by atoms with E-state index in [4.69, 9.17) is 4.74 Å². The Bertz CT molecular complexity index is 1220. The molecule has 2 aromatic heterocycles. The molecular formula is C23H25F2N7O2. The number of ether oxygens (including phenoxy) is 1. The molecule has 178 valence electrons. The summed E-state index contributed by atoms with van der Waals surface area (Å²) in [7, 11) is 1.54. The predicted molar refractivity (Wildman–Crippen MR) is 122 cm³/mol. The van der Waals surface area contributed by atoms with Gasteiger partial charge in [-0.1, -0.05) is 6.92 Å². The van der Waals surface area contributed by atoms with E-state index in [0.717, 1.165) is 11.3 Å². The molecule has 0 fully saturated rings. The van der Waals surface area contributed by atoms with E-state index in [1.807, 2.05) is 13.0 Å². The number of fused-ring (bicyclic) bond motifs is 1. The number of hydrogen-bond donors (Lipinski definition) is 3. The monoisotopic (exact) mass is 469 g/mol. The molecular weight excluding hydrogens is 444 g/mol. The maximum absolute atomic E-state index is 13.0. The lowest BCUT2D eigenvalue weighted by molar-refractivity contribution is 0.119. The Hall–Kier alpha value is -3.62. The number of nitrogens with one attached hydrogen (secondary N) is 2. The highest BCUT2D eigenvalue weighted by atomic mass is 19.3. The van der Waals surface area contributed by atoms with Crippen molar-refractivity contribution >= 4 is 17.3 Å². The van der Waals surface area contributed by atoms with Crippen LogP contribution in [-0.4, -0.2) is 58.1 Å². The van der Waals surface area contributed by atoms with Gasteiger partial charge in [-0.15, -0.1) is 0 Å². The van der Waals surface area contributed by atoms with Crippen molar-refractivity contribution in [3.63, 3.8) is 0 Å². The fourth-order valence-corrected chi connectivity index (χ4v) is 4.03. The van der Waals surface area contributed by atoms with Gasteiger partial charge in [-0.25, -0.2) is 18.7 Å². The molecule has 3 aromatic rings. The average Bonchev–Trinajstić information content (AvgIpc) is 3.37. The van der Waals surface area contributed by atoms with Gasteiger partial charge in [0.25, 0.3) is 6.43 Å². The number of nitriles is 1. The third-order valence-corrected chi connectivity index (χ3v) is 5.91. The SMILES string of the molecule is COCCc1c(Nc2nccc(-c3cc(C#N)c4c(c3)[C@@](C)(CO)CN4)n2)cnn1CC(F)F. The van der Waals surface area contributed by atoms with Crippen LogP contribution in [0.2, 0.25) is 0 Å². The Morgan fingerprint density at radius 3 is 2.94 bits per heavy atom. The highest BCUT2D eigenvalue weighted by Crippen LogP contribution is 2.41. The van der Waals surface area contributed by atoms with Crippen LogP contribution in [0.15, 0.2) is 30.6 Å². The number of nitrogens with zero attached hydrogens (tertiary/aromatic N) is 5. The van der Waals surface area contributed by atoms with E-state index < -0.39 is 18.4 Å². The maximum atomic E-state index is 13.0. The van der Waals surface area contributed by atoms with Gasteiger partial charge in [0.15, 0.2) is 0 Å². The average molecular weight is 469 g/mol. The van der Waals surface area contributed by atoms with Gasteiger partial charge in [-0.05, 0) is 23.8 Å². The van der Waals surface area contributed by atoms with Crippen LogP contribution in [0.3, 0.4) is 0 Å². The molecule has 0 saturated heterocycles. The summed E-state index contributed by atoms with van der Waals surface area (Å²) in [5.74, 6) is 0.259. The Labute approximate surface area is 195 Å². The summed E-state index contributed by atoms with van der Waals surface area (Å²) in [5.41, 5.74) is 3.88.